The second-order valence-electron chi connectivity index (χ2n) is 8.48. The van der Waals surface area contributed by atoms with Crippen molar-refractivity contribution in [3.05, 3.63) is 0 Å². The van der Waals surface area contributed by atoms with Crippen LogP contribution >= 0.6 is 0 Å². The molecule has 0 aromatic carbocycles. The molecule has 0 aromatic rings. The number of carbonyl (C=O) groups is 1. The molecule has 1 atom stereocenters. The van der Waals surface area contributed by atoms with Gasteiger partial charge in [-0.2, -0.15) is 5.26 Å². The molecule has 0 radical (unpaired) electrons. The Morgan fingerprint density at radius 2 is 1.07 bits per heavy atom. The zero-order chi connectivity index (χ0) is 21.1. The van der Waals surface area contributed by atoms with Gasteiger partial charge in [-0.3, -0.25) is 9.79 Å². The van der Waals surface area contributed by atoms with E-state index >= 15 is 0 Å². The summed E-state index contributed by atoms with van der Waals surface area (Å²) in [6, 6.07) is 0. The summed E-state index contributed by atoms with van der Waals surface area (Å²) in [7, 11) is 1.66. The summed E-state index contributed by atoms with van der Waals surface area (Å²) in [5, 5.41) is 18.4. The van der Waals surface area contributed by atoms with Crippen LogP contribution in [0.15, 0.2) is 0 Å². The molecule has 5 heteroatoms. The fraction of sp³-hybridized carbons (Fsp3) is 0.957. The average Bonchev–Trinajstić information content (AvgIpc) is 2.69. The van der Waals surface area contributed by atoms with Crippen molar-refractivity contribution in [3.63, 3.8) is 0 Å². The van der Waals surface area contributed by atoms with Gasteiger partial charge in [0.15, 0.2) is 0 Å². The van der Waals surface area contributed by atoms with Gasteiger partial charge in [0, 0.05) is 6.54 Å². The molecule has 0 rings (SSSR count). The lowest BCUT2D eigenvalue weighted by Gasteiger charge is -2.30. The van der Waals surface area contributed by atoms with Crippen molar-refractivity contribution in [3.8, 4) is 0 Å². The Bertz CT molecular complexity index is 361. The summed E-state index contributed by atoms with van der Waals surface area (Å²) in [6.45, 7) is 4.20. The van der Waals surface area contributed by atoms with E-state index in [0.29, 0.717) is 6.54 Å². The molecule has 0 saturated carbocycles. The van der Waals surface area contributed by atoms with Crippen LogP contribution in [0.4, 0.5) is 0 Å². The molecule has 0 heterocycles. The fourth-order valence-electron chi connectivity index (χ4n) is 3.53. The molecule has 0 fully saturated rings. The van der Waals surface area contributed by atoms with Crippen molar-refractivity contribution in [1.29, 1.82) is 0 Å². The number of nitrogens with zero attached hydrogens (tertiary/aromatic N) is 1. The molecule has 0 aliphatic heterocycles. The Morgan fingerprint density at radius 3 is 1.39 bits per heavy atom. The number of likely N-dealkylation sites (N-methyl/N-ethyl adjacent to an activating group) is 1. The quantitative estimate of drug-likeness (QED) is 0.108. The number of hydrogen-bond donors (Lipinski definition) is 2. The Balaban J connectivity index is 3.31. The molecular formula is C23H47NO4. The van der Waals surface area contributed by atoms with Gasteiger partial charge in [0.2, 0.25) is 5.72 Å². The highest BCUT2D eigenvalue weighted by atomic mass is 17.1. The van der Waals surface area contributed by atoms with Crippen molar-refractivity contribution in [2.24, 2.45) is 0 Å². The summed E-state index contributed by atoms with van der Waals surface area (Å²) in [4.78, 5) is 16.4. The van der Waals surface area contributed by atoms with Crippen molar-refractivity contribution in [2.45, 2.75) is 129 Å². The maximum Gasteiger partial charge on any atom is 0.388 e. The number of carbonyl (C=O) groups excluding carboxylic acids is 1. The fourth-order valence-corrected chi connectivity index (χ4v) is 3.53. The standard InChI is InChI=1S/C23H47NO4/c1-4-5-6-7-8-9-10-11-12-13-14-15-16-17-18-19-20-21-24(3)23(2,26)22(25)28-27/h26-27H,4-21H2,1-3H3. The Morgan fingerprint density at radius 1 is 0.750 bits per heavy atom. The van der Waals surface area contributed by atoms with E-state index in [1.807, 2.05) is 0 Å². The van der Waals surface area contributed by atoms with Crippen LogP contribution in [0.3, 0.4) is 0 Å². The highest BCUT2D eigenvalue weighted by Crippen LogP contribution is 2.15. The Kier molecular flexibility index (Phi) is 18.0. The van der Waals surface area contributed by atoms with Crippen molar-refractivity contribution < 1.29 is 20.0 Å². The van der Waals surface area contributed by atoms with E-state index in [1.165, 1.54) is 108 Å². The number of rotatable bonds is 20. The summed E-state index contributed by atoms with van der Waals surface area (Å²) in [6.07, 6.45) is 22.5. The third-order valence-corrected chi connectivity index (χ3v) is 5.81. The van der Waals surface area contributed by atoms with Gasteiger partial charge in [-0.15, -0.1) is 0 Å². The van der Waals surface area contributed by atoms with Gasteiger partial charge in [-0.1, -0.05) is 110 Å². The minimum absolute atomic E-state index is 0.598. The summed E-state index contributed by atoms with van der Waals surface area (Å²) < 4.78 is 0. The van der Waals surface area contributed by atoms with E-state index in [0.717, 1.165) is 12.8 Å². The summed E-state index contributed by atoms with van der Waals surface area (Å²) in [5.74, 6) is -1.04. The van der Waals surface area contributed by atoms with E-state index < -0.39 is 11.7 Å². The first-order chi connectivity index (χ1) is 13.5. The molecule has 0 aliphatic rings. The van der Waals surface area contributed by atoms with Gasteiger partial charge in [-0.25, -0.2) is 4.79 Å². The van der Waals surface area contributed by atoms with E-state index in [4.69, 9.17) is 5.26 Å². The van der Waals surface area contributed by atoms with Crippen LogP contribution in [0, 0.1) is 0 Å². The first-order valence-electron chi connectivity index (χ1n) is 11.8. The smallest absolute Gasteiger partial charge is 0.366 e. The SMILES string of the molecule is CCCCCCCCCCCCCCCCCCCN(C)C(C)(O)C(=O)OO. The molecule has 1 unspecified atom stereocenters. The van der Waals surface area contributed by atoms with Gasteiger partial charge >= 0.3 is 5.97 Å². The van der Waals surface area contributed by atoms with Gasteiger partial charge in [0.1, 0.15) is 0 Å². The van der Waals surface area contributed by atoms with Crippen LogP contribution in [0.2, 0.25) is 0 Å². The Hall–Kier alpha value is -0.650. The maximum absolute atomic E-state index is 11.3. The minimum atomic E-state index is -1.77. The number of aliphatic hydroxyl groups is 1. The minimum Gasteiger partial charge on any atom is -0.366 e. The van der Waals surface area contributed by atoms with Crippen LogP contribution in [0.5, 0.6) is 0 Å². The molecule has 0 aromatic heterocycles. The lowest BCUT2D eigenvalue weighted by atomic mass is 10.0. The largest absolute Gasteiger partial charge is 0.388 e. The summed E-state index contributed by atoms with van der Waals surface area (Å²) in [5.41, 5.74) is -1.77. The van der Waals surface area contributed by atoms with Crippen LogP contribution in [0.1, 0.15) is 123 Å². The third kappa shape index (κ3) is 14.4. The van der Waals surface area contributed by atoms with Gasteiger partial charge in [-0.05, 0) is 20.4 Å². The lowest BCUT2D eigenvalue weighted by Crippen LogP contribution is -2.51. The molecule has 0 bridgehead atoms. The van der Waals surface area contributed by atoms with Crippen LogP contribution < -0.4 is 0 Å². The van der Waals surface area contributed by atoms with E-state index in [-0.39, 0.29) is 0 Å². The molecule has 0 spiro atoms. The maximum atomic E-state index is 11.3. The average molecular weight is 402 g/mol. The molecule has 168 valence electrons. The molecular weight excluding hydrogens is 354 g/mol. The van der Waals surface area contributed by atoms with E-state index in [2.05, 4.69) is 11.8 Å². The van der Waals surface area contributed by atoms with Gasteiger partial charge < -0.3 is 5.11 Å². The lowest BCUT2D eigenvalue weighted by molar-refractivity contribution is -0.262. The monoisotopic (exact) mass is 401 g/mol. The Labute approximate surface area is 173 Å². The van der Waals surface area contributed by atoms with E-state index in [9.17, 15) is 9.90 Å². The second-order valence-corrected chi connectivity index (χ2v) is 8.48. The number of unbranched alkanes of at least 4 members (excludes halogenated alkanes) is 16. The molecule has 5 nitrogen and oxygen atoms in total. The molecule has 0 saturated heterocycles. The van der Waals surface area contributed by atoms with Crippen LogP contribution in [0.25, 0.3) is 0 Å². The third-order valence-electron chi connectivity index (χ3n) is 5.81. The molecule has 2 N–H and O–H groups in total. The normalized spacial score (nSPS) is 13.6. The molecule has 0 aliphatic carbocycles. The van der Waals surface area contributed by atoms with Crippen LogP contribution in [-0.2, 0) is 9.68 Å². The zero-order valence-corrected chi connectivity index (χ0v) is 18.9. The van der Waals surface area contributed by atoms with Crippen molar-refractivity contribution >= 4 is 5.97 Å². The molecule has 28 heavy (non-hydrogen) atoms. The first kappa shape index (κ1) is 27.4. The second kappa shape index (κ2) is 18.4. The van der Waals surface area contributed by atoms with Gasteiger partial charge in [0.25, 0.3) is 0 Å². The first-order valence-corrected chi connectivity index (χ1v) is 11.8. The van der Waals surface area contributed by atoms with Crippen molar-refractivity contribution in [1.82, 2.24) is 4.90 Å². The predicted molar refractivity (Wildman–Crippen MR) is 116 cm³/mol. The van der Waals surface area contributed by atoms with Crippen LogP contribution in [-0.4, -0.2) is 40.6 Å². The highest BCUT2D eigenvalue weighted by molar-refractivity contribution is 5.77. The topological polar surface area (TPSA) is 70.0 Å². The summed E-state index contributed by atoms with van der Waals surface area (Å²) >= 11 is 0. The zero-order valence-electron chi connectivity index (χ0n) is 18.9. The van der Waals surface area contributed by atoms with Crippen molar-refractivity contribution in [2.75, 3.05) is 13.6 Å². The van der Waals surface area contributed by atoms with Gasteiger partial charge in [0.05, 0.1) is 0 Å². The van der Waals surface area contributed by atoms with E-state index in [1.54, 1.807) is 7.05 Å². The number of hydrogen-bond acceptors (Lipinski definition) is 5. The predicted octanol–water partition coefficient (Wildman–Crippen LogP) is 6.29. The highest BCUT2D eigenvalue weighted by Gasteiger charge is 2.36. The molecule has 0 amide bonds.